The number of hydrogen-bond acceptors (Lipinski definition) is 4. The number of halogens is 4. The smallest absolute Gasteiger partial charge is 0.465 e. The number of nitrogens with one attached hydrogen (secondary N) is 1. The molecule has 1 rings (SSSR count). The van der Waals surface area contributed by atoms with Gasteiger partial charge >= 0.3 is 12.3 Å². The normalized spacial score (nSPS) is 11.2. The minimum absolute atomic E-state index is 0.186. The molecule has 5 nitrogen and oxygen atoms in total. The minimum atomic E-state index is -4.98. The molecule has 0 atom stereocenters. The SMILES string of the molecule is COC(=O)c1cc(CCl)c(OC(F)(F)F)[nH]c1=O. The maximum absolute atomic E-state index is 12.0. The molecule has 0 saturated carbocycles. The number of H-pyrrole nitrogens is 1. The predicted molar refractivity (Wildman–Crippen MR) is 54.6 cm³/mol. The number of carbonyl (C=O) groups excluding carboxylic acids is 1. The highest BCUT2D eigenvalue weighted by Gasteiger charge is 2.33. The third-order valence-electron chi connectivity index (χ3n) is 1.85. The second-order valence-electron chi connectivity index (χ2n) is 3.04. The highest BCUT2D eigenvalue weighted by molar-refractivity contribution is 6.17. The number of ether oxygens (including phenoxy) is 2. The van der Waals surface area contributed by atoms with E-state index >= 15 is 0 Å². The van der Waals surface area contributed by atoms with Crippen molar-refractivity contribution < 1.29 is 27.4 Å². The zero-order chi connectivity index (χ0) is 13.9. The van der Waals surface area contributed by atoms with Gasteiger partial charge in [0.25, 0.3) is 5.56 Å². The van der Waals surface area contributed by atoms with Crippen molar-refractivity contribution >= 4 is 17.6 Å². The fraction of sp³-hybridized carbons (Fsp3) is 0.333. The topological polar surface area (TPSA) is 68.4 Å². The van der Waals surface area contributed by atoms with Crippen LogP contribution in [0.3, 0.4) is 0 Å². The van der Waals surface area contributed by atoms with Crippen LogP contribution in [0.15, 0.2) is 10.9 Å². The molecule has 1 N–H and O–H groups in total. The summed E-state index contributed by atoms with van der Waals surface area (Å²) in [4.78, 5) is 24.3. The summed E-state index contributed by atoms with van der Waals surface area (Å²) < 4.78 is 44.0. The van der Waals surface area contributed by atoms with Crippen LogP contribution in [0.1, 0.15) is 15.9 Å². The number of aromatic amines is 1. The Morgan fingerprint density at radius 2 is 2.11 bits per heavy atom. The summed E-state index contributed by atoms with van der Waals surface area (Å²) in [6.45, 7) is 0. The number of alkyl halides is 4. The quantitative estimate of drug-likeness (QED) is 0.679. The molecule has 0 aliphatic heterocycles. The number of rotatable bonds is 3. The van der Waals surface area contributed by atoms with Crippen LogP contribution in [-0.2, 0) is 10.6 Å². The lowest BCUT2D eigenvalue weighted by atomic mass is 10.2. The number of hydrogen-bond donors (Lipinski definition) is 1. The number of pyridine rings is 1. The molecule has 0 amide bonds. The summed E-state index contributed by atoms with van der Waals surface area (Å²) in [6, 6.07) is 0.888. The van der Waals surface area contributed by atoms with Crippen LogP contribution in [0, 0.1) is 0 Å². The zero-order valence-electron chi connectivity index (χ0n) is 8.93. The van der Waals surface area contributed by atoms with Gasteiger partial charge < -0.3 is 9.47 Å². The highest BCUT2D eigenvalue weighted by Crippen LogP contribution is 2.24. The summed E-state index contributed by atoms with van der Waals surface area (Å²) in [5.74, 6) is -2.22. The molecule has 0 aliphatic carbocycles. The van der Waals surface area contributed by atoms with Crippen LogP contribution in [0.5, 0.6) is 5.88 Å². The van der Waals surface area contributed by atoms with Gasteiger partial charge in [-0.05, 0) is 6.07 Å². The summed E-state index contributed by atoms with van der Waals surface area (Å²) in [5.41, 5.74) is -1.70. The van der Waals surface area contributed by atoms with E-state index in [1.807, 2.05) is 0 Å². The second kappa shape index (κ2) is 5.30. The number of methoxy groups -OCH3 is 1. The molecule has 18 heavy (non-hydrogen) atoms. The standard InChI is InChI=1S/C9H7ClF3NO4/c1-17-8(16)5-2-4(3-10)7(14-6(5)15)18-9(11,12)13/h2H,3H2,1H3,(H,14,15). The molecule has 0 fully saturated rings. The molecule has 0 radical (unpaired) electrons. The van der Waals surface area contributed by atoms with E-state index in [9.17, 15) is 22.8 Å². The average molecular weight is 286 g/mol. The van der Waals surface area contributed by atoms with Crippen molar-refractivity contribution in [2.75, 3.05) is 7.11 Å². The van der Waals surface area contributed by atoms with Gasteiger partial charge in [-0.3, -0.25) is 9.78 Å². The van der Waals surface area contributed by atoms with Crippen molar-refractivity contribution in [2.45, 2.75) is 12.2 Å². The van der Waals surface area contributed by atoms with Crippen LogP contribution in [-0.4, -0.2) is 24.4 Å². The first kappa shape index (κ1) is 14.4. The predicted octanol–water partition coefficient (Wildman–Crippen LogP) is 1.80. The van der Waals surface area contributed by atoms with Gasteiger partial charge in [0, 0.05) is 5.56 Å². The molecule has 100 valence electrons. The van der Waals surface area contributed by atoms with E-state index in [4.69, 9.17) is 11.6 Å². The Labute approximate surface area is 103 Å². The largest absolute Gasteiger partial charge is 0.574 e. The molecule has 0 aromatic carbocycles. The first-order chi connectivity index (χ1) is 8.28. The van der Waals surface area contributed by atoms with E-state index in [1.54, 1.807) is 4.98 Å². The Bertz CT molecular complexity index is 512. The Hall–Kier alpha value is -1.70. The number of aromatic nitrogens is 1. The molecule has 0 saturated heterocycles. The first-order valence-corrected chi connectivity index (χ1v) is 4.98. The van der Waals surface area contributed by atoms with E-state index in [2.05, 4.69) is 9.47 Å². The van der Waals surface area contributed by atoms with Crippen LogP contribution >= 0.6 is 11.6 Å². The van der Waals surface area contributed by atoms with E-state index < -0.39 is 29.3 Å². The Morgan fingerprint density at radius 3 is 2.56 bits per heavy atom. The molecule has 1 heterocycles. The Morgan fingerprint density at radius 1 is 1.50 bits per heavy atom. The van der Waals surface area contributed by atoms with Gasteiger partial charge in [0.15, 0.2) is 0 Å². The summed E-state index contributed by atoms with van der Waals surface area (Å²) >= 11 is 5.41. The molecule has 1 aromatic heterocycles. The van der Waals surface area contributed by atoms with Gasteiger partial charge in [-0.1, -0.05) is 0 Å². The molecule has 1 aromatic rings. The molecular weight excluding hydrogens is 279 g/mol. The molecule has 9 heteroatoms. The third-order valence-corrected chi connectivity index (χ3v) is 2.14. The Balaban J connectivity index is 3.27. The van der Waals surface area contributed by atoms with Crippen molar-refractivity contribution in [1.82, 2.24) is 4.98 Å². The van der Waals surface area contributed by atoms with Gasteiger partial charge in [0.05, 0.1) is 13.0 Å². The maximum atomic E-state index is 12.0. The van der Waals surface area contributed by atoms with Crippen molar-refractivity contribution in [1.29, 1.82) is 0 Å². The van der Waals surface area contributed by atoms with Gasteiger partial charge in [-0.2, -0.15) is 0 Å². The molecule has 0 aliphatic rings. The first-order valence-electron chi connectivity index (χ1n) is 4.44. The van der Waals surface area contributed by atoms with Gasteiger partial charge in [0.2, 0.25) is 5.88 Å². The summed E-state index contributed by atoms with van der Waals surface area (Å²) in [7, 11) is 1.03. The molecule has 0 spiro atoms. The van der Waals surface area contributed by atoms with E-state index in [0.717, 1.165) is 13.2 Å². The maximum Gasteiger partial charge on any atom is 0.574 e. The minimum Gasteiger partial charge on any atom is -0.465 e. The van der Waals surface area contributed by atoms with Crippen molar-refractivity contribution in [3.63, 3.8) is 0 Å². The third kappa shape index (κ3) is 3.39. The van der Waals surface area contributed by atoms with E-state index in [1.165, 1.54) is 0 Å². The van der Waals surface area contributed by atoms with Crippen LogP contribution in [0.4, 0.5) is 13.2 Å². The van der Waals surface area contributed by atoms with Gasteiger partial charge in [-0.25, -0.2) is 4.79 Å². The lowest BCUT2D eigenvalue weighted by Gasteiger charge is -2.12. The number of esters is 1. The van der Waals surface area contributed by atoms with Crippen molar-refractivity contribution in [3.05, 3.63) is 27.5 Å². The zero-order valence-corrected chi connectivity index (χ0v) is 9.69. The number of carbonyl (C=O) groups is 1. The van der Waals surface area contributed by atoms with Crippen LogP contribution in [0.25, 0.3) is 0 Å². The summed E-state index contributed by atoms with van der Waals surface area (Å²) in [6.07, 6.45) is -4.98. The fourth-order valence-corrected chi connectivity index (χ4v) is 1.32. The average Bonchev–Trinajstić information content (AvgIpc) is 2.26. The fourth-order valence-electron chi connectivity index (χ4n) is 1.12. The lowest BCUT2D eigenvalue weighted by Crippen LogP contribution is -2.24. The van der Waals surface area contributed by atoms with Gasteiger partial charge in [0.1, 0.15) is 5.56 Å². The van der Waals surface area contributed by atoms with Crippen molar-refractivity contribution in [3.8, 4) is 5.88 Å². The highest BCUT2D eigenvalue weighted by atomic mass is 35.5. The van der Waals surface area contributed by atoms with E-state index in [-0.39, 0.29) is 11.4 Å². The van der Waals surface area contributed by atoms with Crippen LogP contribution < -0.4 is 10.3 Å². The molecular formula is C9H7ClF3NO4. The lowest BCUT2D eigenvalue weighted by molar-refractivity contribution is -0.276. The van der Waals surface area contributed by atoms with Gasteiger partial charge in [-0.15, -0.1) is 24.8 Å². The molecule has 0 bridgehead atoms. The monoisotopic (exact) mass is 285 g/mol. The van der Waals surface area contributed by atoms with E-state index in [0.29, 0.717) is 0 Å². The second-order valence-corrected chi connectivity index (χ2v) is 3.31. The summed E-state index contributed by atoms with van der Waals surface area (Å²) in [5, 5.41) is 0. The Kier molecular flexibility index (Phi) is 4.23. The van der Waals surface area contributed by atoms with Crippen LogP contribution in [0.2, 0.25) is 0 Å². The van der Waals surface area contributed by atoms with Crippen molar-refractivity contribution in [2.24, 2.45) is 0 Å². The molecule has 0 unspecified atom stereocenters.